The second-order valence-corrected chi connectivity index (χ2v) is 6.11. The highest BCUT2D eigenvalue weighted by Gasteiger charge is 2.39. The van der Waals surface area contributed by atoms with Gasteiger partial charge in [0.1, 0.15) is 0 Å². The molecular weight excluding hydrogens is 248 g/mol. The molecule has 19 heavy (non-hydrogen) atoms. The zero-order valence-corrected chi connectivity index (χ0v) is 11.9. The molecule has 3 N–H and O–H groups in total. The number of hydrogen-bond acceptors (Lipinski definition) is 3. The number of likely N-dealkylation sites (N-methyl/N-ethyl adjacent to an activating group) is 1. The molecular formula is C13H24N2O4. The highest BCUT2D eigenvalue weighted by molar-refractivity contribution is 5.75. The molecule has 6 heteroatoms. The fraction of sp³-hybridized carbons (Fsp3) is 0.846. The lowest BCUT2D eigenvalue weighted by Gasteiger charge is -2.42. The van der Waals surface area contributed by atoms with Gasteiger partial charge >= 0.3 is 12.0 Å². The van der Waals surface area contributed by atoms with Gasteiger partial charge in [-0.3, -0.25) is 4.79 Å². The largest absolute Gasteiger partial charge is 0.481 e. The Balaban J connectivity index is 2.51. The van der Waals surface area contributed by atoms with Gasteiger partial charge < -0.3 is 20.4 Å². The van der Waals surface area contributed by atoms with Gasteiger partial charge in [0.05, 0.1) is 18.6 Å². The van der Waals surface area contributed by atoms with Gasteiger partial charge in [-0.1, -0.05) is 6.42 Å². The van der Waals surface area contributed by atoms with Crippen LogP contribution in [0.2, 0.25) is 0 Å². The van der Waals surface area contributed by atoms with Crippen LogP contribution in [-0.2, 0) is 4.79 Å². The molecule has 0 unspecified atom stereocenters. The summed E-state index contributed by atoms with van der Waals surface area (Å²) in [6.45, 7) is 3.78. The molecule has 1 aliphatic rings. The van der Waals surface area contributed by atoms with Gasteiger partial charge in [-0.15, -0.1) is 0 Å². The lowest BCUT2D eigenvalue weighted by molar-refractivity contribution is -0.141. The number of urea groups is 1. The fourth-order valence-corrected chi connectivity index (χ4v) is 2.18. The standard InChI is InChI=1S/C13H24N2O4/c1-12(2,9-16)15(3)11(19)14-8-13(5-4-6-13)7-10(17)18/h16H,4-9H2,1-3H3,(H,14,19)(H,17,18). The molecule has 0 atom stereocenters. The predicted molar refractivity (Wildman–Crippen MR) is 70.9 cm³/mol. The number of aliphatic hydroxyl groups is 1. The Morgan fingerprint density at radius 2 is 1.95 bits per heavy atom. The van der Waals surface area contributed by atoms with Crippen molar-refractivity contribution in [2.24, 2.45) is 5.41 Å². The Morgan fingerprint density at radius 1 is 1.37 bits per heavy atom. The molecule has 0 saturated heterocycles. The summed E-state index contributed by atoms with van der Waals surface area (Å²) in [6, 6.07) is -0.282. The van der Waals surface area contributed by atoms with E-state index in [1.807, 2.05) is 0 Å². The number of carbonyl (C=O) groups excluding carboxylic acids is 1. The van der Waals surface area contributed by atoms with E-state index < -0.39 is 11.5 Å². The van der Waals surface area contributed by atoms with Crippen LogP contribution in [-0.4, -0.2) is 52.9 Å². The van der Waals surface area contributed by atoms with E-state index in [2.05, 4.69) is 5.32 Å². The van der Waals surface area contributed by atoms with Crippen molar-refractivity contribution >= 4 is 12.0 Å². The van der Waals surface area contributed by atoms with Crippen molar-refractivity contribution in [3.8, 4) is 0 Å². The molecule has 0 aromatic rings. The zero-order valence-electron chi connectivity index (χ0n) is 11.9. The number of rotatable bonds is 6. The van der Waals surface area contributed by atoms with Crippen LogP contribution in [0.4, 0.5) is 4.79 Å². The Morgan fingerprint density at radius 3 is 2.32 bits per heavy atom. The highest BCUT2D eigenvalue weighted by Crippen LogP contribution is 2.43. The number of nitrogens with one attached hydrogen (secondary N) is 1. The number of aliphatic hydroxyl groups excluding tert-OH is 1. The van der Waals surface area contributed by atoms with Gasteiger partial charge in [-0.2, -0.15) is 0 Å². The van der Waals surface area contributed by atoms with Crippen molar-refractivity contribution < 1.29 is 19.8 Å². The molecule has 1 aliphatic carbocycles. The molecule has 110 valence electrons. The number of aliphatic carboxylic acids is 1. The lowest BCUT2D eigenvalue weighted by Crippen LogP contribution is -2.54. The Hall–Kier alpha value is -1.30. The quantitative estimate of drug-likeness (QED) is 0.674. The van der Waals surface area contributed by atoms with Gasteiger partial charge in [-0.25, -0.2) is 4.79 Å². The number of nitrogens with zero attached hydrogens (tertiary/aromatic N) is 1. The molecule has 1 rings (SSSR count). The van der Waals surface area contributed by atoms with Gasteiger partial charge in [0.25, 0.3) is 0 Å². The van der Waals surface area contributed by atoms with Crippen LogP contribution in [0.15, 0.2) is 0 Å². The first-order valence-corrected chi connectivity index (χ1v) is 6.57. The third-order valence-electron chi connectivity index (χ3n) is 4.15. The van der Waals surface area contributed by atoms with E-state index in [9.17, 15) is 14.7 Å². The predicted octanol–water partition coefficient (Wildman–Crippen LogP) is 1.04. The summed E-state index contributed by atoms with van der Waals surface area (Å²) >= 11 is 0. The maximum Gasteiger partial charge on any atom is 0.317 e. The highest BCUT2D eigenvalue weighted by atomic mass is 16.4. The smallest absolute Gasteiger partial charge is 0.317 e. The van der Waals surface area contributed by atoms with E-state index in [-0.39, 0.29) is 24.5 Å². The molecule has 1 saturated carbocycles. The van der Waals surface area contributed by atoms with Crippen molar-refractivity contribution in [2.75, 3.05) is 20.2 Å². The number of amides is 2. The van der Waals surface area contributed by atoms with Gasteiger partial charge in [0.2, 0.25) is 0 Å². The molecule has 0 aromatic heterocycles. The second kappa shape index (κ2) is 5.77. The topological polar surface area (TPSA) is 89.9 Å². The van der Waals surface area contributed by atoms with Gasteiger partial charge in [0.15, 0.2) is 0 Å². The van der Waals surface area contributed by atoms with E-state index in [0.717, 1.165) is 19.3 Å². The molecule has 0 heterocycles. The summed E-state index contributed by atoms with van der Waals surface area (Å²) < 4.78 is 0. The minimum Gasteiger partial charge on any atom is -0.481 e. The Labute approximate surface area is 113 Å². The van der Waals surface area contributed by atoms with Crippen LogP contribution in [0.1, 0.15) is 39.5 Å². The maximum atomic E-state index is 12.0. The molecule has 0 aromatic carbocycles. The van der Waals surface area contributed by atoms with Crippen molar-refractivity contribution in [1.82, 2.24) is 10.2 Å². The first-order valence-electron chi connectivity index (χ1n) is 6.57. The molecule has 1 fully saturated rings. The van der Waals surface area contributed by atoms with Crippen LogP contribution < -0.4 is 5.32 Å². The second-order valence-electron chi connectivity index (χ2n) is 6.11. The summed E-state index contributed by atoms with van der Waals surface area (Å²) in [4.78, 5) is 24.3. The first-order chi connectivity index (χ1) is 8.72. The SMILES string of the molecule is CN(C(=O)NCC1(CC(=O)O)CCC1)C(C)(C)CO. The molecule has 6 nitrogen and oxygen atoms in total. The monoisotopic (exact) mass is 272 g/mol. The molecule has 0 bridgehead atoms. The summed E-state index contributed by atoms with van der Waals surface area (Å²) in [5.74, 6) is -0.821. The normalized spacial score (nSPS) is 17.5. The van der Waals surface area contributed by atoms with Crippen LogP contribution >= 0.6 is 0 Å². The number of carboxylic acids is 1. The maximum absolute atomic E-state index is 12.0. The van der Waals surface area contributed by atoms with Crippen molar-refractivity contribution in [1.29, 1.82) is 0 Å². The fourth-order valence-electron chi connectivity index (χ4n) is 2.18. The van der Waals surface area contributed by atoms with Crippen LogP contribution in [0.5, 0.6) is 0 Å². The number of carboxylic acid groups (broad SMARTS) is 1. The minimum atomic E-state index is -0.821. The number of carbonyl (C=O) groups is 2. The Kier molecular flexibility index (Phi) is 4.79. The zero-order chi connectivity index (χ0) is 14.7. The molecule has 0 spiro atoms. The van der Waals surface area contributed by atoms with Crippen molar-refractivity contribution in [3.05, 3.63) is 0 Å². The number of hydrogen-bond donors (Lipinski definition) is 3. The summed E-state index contributed by atoms with van der Waals surface area (Å²) in [5, 5.41) is 20.9. The van der Waals surface area contributed by atoms with E-state index in [1.165, 1.54) is 4.90 Å². The lowest BCUT2D eigenvalue weighted by atomic mass is 9.66. The van der Waals surface area contributed by atoms with Gasteiger partial charge in [0, 0.05) is 13.6 Å². The average Bonchev–Trinajstić information content (AvgIpc) is 2.30. The van der Waals surface area contributed by atoms with Crippen molar-refractivity contribution in [3.63, 3.8) is 0 Å². The first kappa shape index (κ1) is 15.8. The molecule has 0 radical (unpaired) electrons. The Bertz CT molecular complexity index is 351. The van der Waals surface area contributed by atoms with E-state index in [1.54, 1.807) is 20.9 Å². The third-order valence-corrected chi connectivity index (χ3v) is 4.15. The van der Waals surface area contributed by atoms with E-state index in [0.29, 0.717) is 6.54 Å². The minimum absolute atomic E-state index is 0.0976. The van der Waals surface area contributed by atoms with Crippen LogP contribution in [0, 0.1) is 5.41 Å². The van der Waals surface area contributed by atoms with Crippen LogP contribution in [0.25, 0.3) is 0 Å². The molecule has 2 amide bonds. The molecule has 0 aliphatic heterocycles. The van der Waals surface area contributed by atoms with E-state index in [4.69, 9.17) is 5.11 Å². The summed E-state index contributed by atoms with van der Waals surface area (Å²) in [7, 11) is 1.62. The average molecular weight is 272 g/mol. The van der Waals surface area contributed by atoms with E-state index >= 15 is 0 Å². The third kappa shape index (κ3) is 3.83. The van der Waals surface area contributed by atoms with Crippen molar-refractivity contribution in [2.45, 2.75) is 45.1 Å². The van der Waals surface area contributed by atoms with Gasteiger partial charge in [-0.05, 0) is 32.1 Å². The van der Waals surface area contributed by atoms with Crippen LogP contribution in [0.3, 0.4) is 0 Å². The summed E-state index contributed by atoms with van der Waals surface area (Å²) in [6.07, 6.45) is 2.79. The summed E-state index contributed by atoms with van der Waals surface area (Å²) in [5.41, 5.74) is -0.921.